The van der Waals surface area contributed by atoms with Gasteiger partial charge in [-0.2, -0.15) is 5.10 Å². The molecule has 0 aromatic carbocycles. The zero-order valence-electron chi connectivity index (χ0n) is 15.2. The number of pyridine rings is 1. The summed E-state index contributed by atoms with van der Waals surface area (Å²) in [5.74, 6) is 1.79. The zero-order valence-corrected chi connectivity index (χ0v) is 15.2. The summed E-state index contributed by atoms with van der Waals surface area (Å²) < 4.78 is 7.44. The van der Waals surface area contributed by atoms with Crippen molar-refractivity contribution in [1.29, 1.82) is 0 Å². The second-order valence-electron chi connectivity index (χ2n) is 7.23. The van der Waals surface area contributed by atoms with Gasteiger partial charge in [-0.1, -0.05) is 0 Å². The van der Waals surface area contributed by atoms with Crippen LogP contribution in [0.1, 0.15) is 17.8 Å². The van der Waals surface area contributed by atoms with E-state index in [1.54, 1.807) is 0 Å². The first-order valence-electron chi connectivity index (χ1n) is 9.24. The minimum atomic E-state index is 0.727. The molecule has 0 amide bonds. The highest BCUT2D eigenvalue weighted by molar-refractivity contribution is 5.44. The van der Waals surface area contributed by atoms with Gasteiger partial charge in [0, 0.05) is 45.0 Å². The third-order valence-electron chi connectivity index (χ3n) is 5.22. The molecule has 0 bridgehead atoms. The van der Waals surface area contributed by atoms with E-state index in [1.807, 2.05) is 17.8 Å². The number of rotatable bonds is 4. The Morgan fingerprint density at radius 2 is 2.00 bits per heavy atom. The van der Waals surface area contributed by atoms with Crippen molar-refractivity contribution >= 4 is 5.82 Å². The van der Waals surface area contributed by atoms with Crippen LogP contribution in [-0.4, -0.2) is 65.6 Å². The highest BCUT2D eigenvalue weighted by atomic mass is 16.5. The lowest BCUT2D eigenvalue weighted by molar-refractivity contribution is 0.164. The molecule has 0 N–H and O–H groups in total. The summed E-state index contributed by atoms with van der Waals surface area (Å²) in [5.41, 5.74) is 3.19. The van der Waals surface area contributed by atoms with E-state index in [4.69, 9.17) is 4.74 Å². The molecule has 4 rings (SSSR count). The van der Waals surface area contributed by atoms with Crippen LogP contribution in [0.15, 0.2) is 24.4 Å². The van der Waals surface area contributed by atoms with Crippen molar-refractivity contribution in [2.24, 2.45) is 5.92 Å². The SMILES string of the molecule is Cc1cc(C)n(-c2ccc(N3CCN(C[C@@H]4CCOC4)CC3)nc2)n1. The van der Waals surface area contributed by atoms with Gasteiger partial charge in [-0.05, 0) is 44.4 Å². The molecule has 2 aliphatic heterocycles. The summed E-state index contributed by atoms with van der Waals surface area (Å²) in [6, 6.07) is 6.32. The molecule has 2 saturated heterocycles. The van der Waals surface area contributed by atoms with Gasteiger partial charge in [-0.25, -0.2) is 9.67 Å². The number of piperazine rings is 1. The van der Waals surface area contributed by atoms with Crippen molar-refractivity contribution < 1.29 is 4.74 Å². The summed E-state index contributed by atoms with van der Waals surface area (Å²) >= 11 is 0. The van der Waals surface area contributed by atoms with Crippen LogP contribution in [0.3, 0.4) is 0 Å². The first-order chi connectivity index (χ1) is 12.2. The van der Waals surface area contributed by atoms with E-state index < -0.39 is 0 Å². The van der Waals surface area contributed by atoms with Crippen LogP contribution in [0.5, 0.6) is 0 Å². The first-order valence-corrected chi connectivity index (χ1v) is 9.24. The zero-order chi connectivity index (χ0) is 17.2. The Labute approximate surface area is 149 Å². The van der Waals surface area contributed by atoms with Crippen LogP contribution in [0.25, 0.3) is 5.69 Å². The molecular formula is C19H27N5O. The predicted octanol–water partition coefficient (Wildman–Crippen LogP) is 2.04. The van der Waals surface area contributed by atoms with Crippen molar-refractivity contribution in [3.8, 4) is 5.69 Å². The molecule has 2 fully saturated rings. The average molecular weight is 341 g/mol. The molecule has 0 saturated carbocycles. The Balaban J connectivity index is 1.36. The van der Waals surface area contributed by atoms with Crippen LogP contribution in [0, 0.1) is 19.8 Å². The maximum atomic E-state index is 5.49. The smallest absolute Gasteiger partial charge is 0.128 e. The van der Waals surface area contributed by atoms with Gasteiger partial charge in [-0.15, -0.1) is 0 Å². The van der Waals surface area contributed by atoms with Crippen LogP contribution < -0.4 is 4.90 Å². The van der Waals surface area contributed by atoms with Gasteiger partial charge in [0.15, 0.2) is 0 Å². The quantitative estimate of drug-likeness (QED) is 0.852. The normalized spacial score (nSPS) is 21.8. The van der Waals surface area contributed by atoms with Crippen molar-refractivity contribution in [1.82, 2.24) is 19.7 Å². The predicted molar refractivity (Wildman–Crippen MR) is 98.4 cm³/mol. The fourth-order valence-electron chi connectivity index (χ4n) is 3.83. The second kappa shape index (κ2) is 7.14. The van der Waals surface area contributed by atoms with E-state index in [0.29, 0.717) is 0 Å². The van der Waals surface area contributed by atoms with Gasteiger partial charge in [0.2, 0.25) is 0 Å². The molecular weight excluding hydrogens is 314 g/mol. The average Bonchev–Trinajstić information content (AvgIpc) is 3.25. The van der Waals surface area contributed by atoms with Gasteiger partial charge in [0.25, 0.3) is 0 Å². The molecule has 0 unspecified atom stereocenters. The molecule has 4 heterocycles. The summed E-state index contributed by atoms with van der Waals surface area (Å²) in [6.45, 7) is 11.4. The van der Waals surface area contributed by atoms with Gasteiger partial charge in [-0.3, -0.25) is 4.90 Å². The summed E-state index contributed by atoms with van der Waals surface area (Å²) in [6.07, 6.45) is 3.15. The Kier molecular flexibility index (Phi) is 4.72. The van der Waals surface area contributed by atoms with Gasteiger partial charge in [0.1, 0.15) is 5.82 Å². The lowest BCUT2D eigenvalue weighted by Crippen LogP contribution is -2.48. The summed E-state index contributed by atoms with van der Waals surface area (Å²) in [5, 5.41) is 4.53. The maximum absolute atomic E-state index is 5.49. The Morgan fingerprint density at radius 1 is 1.16 bits per heavy atom. The molecule has 0 radical (unpaired) electrons. The third-order valence-corrected chi connectivity index (χ3v) is 5.22. The maximum Gasteiger partial charge on any atom is 0.128 e. The summed E-state index contributed by atoms with van der Waals surface area (Å²) in [4.78, 5) is 9.64. The molecule has 134 valence electrons. The Morgan fingerprint density at radius 3 is 2.60 bits per heavy atom. The third kappa shape index (κ3) is 3.70. The second-order valence-corrected chi connectivity index (χ2v) is 7.23. The number of anilines is 1. The molecule has 2 aliphatic rings. The van der Waals surface area contributed by atoms with Gasteiger partial charge in [0.05, 0.1) is 24.2 Å². The van der Waals surface area contributed by atoms with Crippen LogP contribution in [0.4, 0.5) is 5.82 Å². The number of aromatic nitrogens is 3. The Hall–Kier alpha value is -1.92. The number of hydrogen-bond acceptors (Lipinski definition) is 5. The van der Waals surface area contributed by atoms with Crippen LogP contribution >= 0.6 is 0 Å². The molecule has 1 atom stereocenters. The standard InChI is InChI=1S/C19H27N5O/c1-15-11-16(2)24(21-15)18-3-4-19(20-12-18)23-8-6-22(7-9-23)13-17-5-10-25-14-17/h3-4,11-12,17H,5-10,13-14H2,1-2H3/t17-/m0/s1. The van der Waals surface area contributed by atoms with Gasteiger partial charge < -0.3 is 9.64 Å². The highest BCUT2D eigenvalue weighted by Crippen LogP contribution is 2.19. The lowest BCUT2D eigenvalue weighted by Gasteiger charge is -2.36. The molecule has 2 aromatic rings. The lowest BCUT2D eigenvalue weighted by atomic mass is 10.1. The number of nitrogens with zero attached hydrogens (tertiary/aromatic N) is 5. The van der Waals surface area contributed by atoms with Gasteiger partial charge >= 0.3 is 0 Å². The molecule has 6 nitrogen and oxygen atoms in total. The van der Waals surface area contributed by atoms with Crippen molar-refractivity contribution in [2.75, 3.05) is 50.8 Å². The Bertz CT molecular complexity index is 697. The largest absolute Gasteiger partial charge is 0.381 e. The fourth-order valence-corrected chi connectivity index (χ4v) is 3.83. The molecule has 25 heavy (non-hydrogen) atoms. The molecule has 0 spiro atoms. The van der Waals surface area contributed by atoms with Crippen molar-refractivity contribution in [3.05, 3.63) is 35.8 Å². The minimum absolute atomic E-state index is 0.727. The number of hydrogen-bond donors (Lipinski definition) is 0. The summed E-state index contributed by atoms with van der Waals surface area (Å²) in [7, 11) is 0. The monoisotopic (exact) mass is 341 g/mol. The van der Waals surface area contributed by atoms with Crippen molar-refractivity contribution in [2.45, 2.75) is 20.3 Å². The van der Waals surface area contributed by atoms with Crippen LogP contribution in [-0.2, 0) is 4.74 Å². The number of ether oxygens (including phenoxy) is 1. The topological polar surface area (TPSA) is 46.4 Å². The molecule has 0 aliphatic carbocycles. The van der Waals surface area contributed by atoms with Crippen molar-refractivity contribution in [3.63, 3.8) is 0 Å². The van der Waals surface area contributed by atoms with E-state index >= 15 is 0 Å². The highest BCUT2D eigenvalue weighted by Gasteiger charge is 2.23. The molecule has 2 aromatic heterocycles. The number of aryl methyl sites for hydroxylation is 2. The van der Waals surface area contributed by atoms with E-state index in [9.17, 15) is 0 Å². The minimum Gasteiger partial charge on any atom is -0.381 e. The molecule has 6 heteroatoms. The first kappa shape index (κ1) is 16.5. The van der Waals surface area contributed by atoms with Crippen LogP contribution in [0.2, 0.25) is 0 Å². The van der Waals surface area contributed by atoms with E-state index in [-0.39, 0.29) is 0 Å². The van der Waals surface area contributed by atoms with E-state index in [1.165, 1.54) is 13.0 Å². The van der Waals surface area contributed by atoms with E-state index in [0.717, 1.165) is 68.2 Å². The van der Waals surface area contributed by atoms with E-state index in [2.05, 4.69) is 45.0 Å². The fraction of sp³-hybridized carbons (Fsp3) is 0.579.